The molecule has 0 fully saturated rings. The molecule has 1 aromatic rings. The predicted octanol–water partition coefficient (Wildman–Crippen LogP) is 1.73. The number of carboxylic acid groups (broad SMARTS) is 1. The molecule has 0 saturated heterocycles. The Kier molecular flexibility index (Phi) is 6.94. The van der Waals surface area contributed by atoms with Crippen molar-refractivity contribution in [1.29, 1.82) is 0 Å². The van der Waals surface area contributed by atoms with Crippen molar-refractivity contribution in [3.63, 3.8) is 0 Å². The van der Waals surface area contributed by atoms with Crippen LogP contribution in [0.25, 0.3) is 0 Å². The second-order valence-corrected chi connectivity index (χ2v) is 4.73. The lowest BCUT2D eigenvalue weighted by atomic mass is 9.98. The molecule has 21 heavy (non-hydrogen) atoms. The van der Waals surface area contributed by atoms with Gasteiger partial charge in [0.25, 0.3) is 5.91 Å². The first kappa shape index (κ1) is 16.7. The van der Waals surface area contributed by atoms with Crippen LogP contribution in [0.3, 0.4) is 0 Å². The van der Waals surface area contributed by atoms with Gasteiger partial charge in [-0.05, 0) is 25.0 Å². The Morgan fingerprint density at radius 2 is 1.76 bits per heavy atom. The summed E-state index contributed by atoms with van der Waals surface area (Å²) in [5.74, 6) is -2.22. The molecule has 0 aliphatic carbocycles. The molecule has 3 N–H and O–H groups in total. The largest absolute Gasteiger partial charge is 0.481 e. The zero-order chi connectivity index (χ0) is 15.7. The Labute approximate surface area is 123 Å². The van der Waals surface area contributed by atoms with Gasteiger partial charge in [-0.15, -0.1) is 0 Å². The zero-order valence-corrected chi connectivity index (χ0v) is 12.0. The number of aliphatic carboxylic acids is 1. The maximum Gasteiger partial charge on any atom is 0.306 e. The van der Waals surface area contributed by atoms with Crippen LogP contribution in [0.2, 0.25) is 0 Å². The smallest absolute Gasteiger partial charge is 0.306 e. The molecule has 0 radical (unpaired) electrons. The van der Waals surface area contributed by atoms with Crippen LogP contribution in [-0.4, -0.2) is 22.9 Å². The Hall–Kier alpha value is -2.37. The van der Waals surface area contributed by atoms with Gasteiger partial charge < -0.3 is 5.11 Å². The molecule has 1 atom stereocenters. The molecule has 1 rings (SSSR count). The highest BCUT2D eigenvalue weighted by Crippen LogP contribution is 2.13. The zero-order valence-electron chi connectivity index (χ0n) is 12.0. The van der Waals surface area contributed by atoms with E-state index in [2.05, 4.69) is 10.9 Å². The van der Waals surface area contributed by atoms with E-state index >= 15 is 0 Å². The first-order valence-corrected chi connectivity index (χ1v) is 6.91. The van der Waals surface area contributed by atoms with Crippen LogP contribution in [0, 0.1) is 5.92 Å². The molecule has 0 bridgehead atoms. The van der Waals surface area contributed by atoms with Gasteiger partial charge in [0.05, 0.1) is 5.92 Å². The molecular weight excluding hydrogens is 272 g/mol. The average Bonchev–Trinajstić information content (AvgIpc) is 2.49. The van der Waals surface area contributed by atoms with Crippen LogP contribution in [0.1, 0.15) is 43.0 Å². The fourth-order valence-corrected chi connectivity index (χ4v) is 1.90. The lowest BCUT2D eigenvalue weighted by Gasteiger charge is -2.11. The lowest BCUT2D eigenvalue weighted by molar-refractivity contribution is -0.142. The molecule has 0 heterocycles. The van der Waals surface area contributed by atoms with Gasteiger partial charge in [0.15, 0.2) is 0 Å². The quantitative estimate of drug-likeness (QED) is 0.667. The summed E-state index contributed by atoms with van der Waals surface area (Å²) in [7, 11) is 0. The Morgan fingerprint density at radius 3 is 2.33 bits per heavy atom. The van der Waals surface area contributed by atoms with Crippen molar-refractivity contribution in [2.45, 2.75) is 32.6 Å². The third-order valence-electron chi connectivity index (χ3n) is 3.06. The summed E-state index contributed by atoms with van der Waals surface area (Å²) >= 11 is 0. The summed E-state index contributed by atoms with van der Waals surface area (Å²) in [6.45, 7) is 1.90. The molecule has 1 aromatic carbocycles. The second kappa shape index (κ2) is 8.73. The van der Waals surface area contributed by atoms with E-state index < -0.39 is 23.7 Å². The number of carbonyl (C=O) groups excluding carboxylic acids is 2. The Balaban J connectivity index is 2.34. The van der Waals surface area contributed by atoms with E-state index in [1.54, 1.807) is 30.3 Å². The molecular formula is C15H20N2O4. The number of rotatable bonds is 7. The highest BCUT2D eigenvalue weighted by molar-refractivity contribution is 5.95. The van der Waals surface area contributed by atoms with Crippen LogP contribution < -0.4 is 10.9 Å². The molecule has 114 valence electrons. The maximum absolute atomic E-state index is 11.7. The van der Waals surface area contributed by atoms with E-state index in [1.807, 2.05) is 6.92 Å². The van der Waals surface area contributed by atoms with Crippen molar-refractivity contribution in [3.8, 4) is 0 Å². The van der Waals surface area contributed by atoms with Crippen molar-refractivity contribution in [1.82, 2.24) is 10.9 Å². The van der Waals surface area contributed by atoms with Crippen molar-refractivity contribution in [2.75, 3.05) is 0 Å². The highest BCUT2D eigenvalue weighted by atomic mass is 16.4. The van der Waals surface area contributed by atoms with Gasteiger partial charge in [0.1, 0.15) is 0 Å². The number of hydrogen-bond donors (Lipinski definition) is 3. The number of carboxylic acids is 1. The SMILES string of the molecule is CCCC(CCC(=O)NNC(=O)c1ccccc1)C(=O)O. The van der Waals surface area contributed by atoms with Gasteiger partial charge in [0, 0.05) is 12.0 Å². The molecule has 6 heteroatoms. The Bertz CT molecular complexity index is 488. The fraction of sp³-hybridized carbons (Fsp3) is 0.400. The first-order chi connectivity index (χ1) is 10.0. The average molecular weight is 292 g/mol. The third kappa shape index (κ3) is 6.07. The summed E-state index contributed by atoms with van der Waals surface area (Å²) in [5.41, 5.74) is 5.02. The minimum absolute atomic E-state index is 0.0615. The van der Waals surface area contributed by atoms with Crippen molar-refractivity contribution in [3.05, 3.63) is 35.9 Å². The fourth-order valence-electron chi connectivity index (χ4n) is 1.90. The number of hydrazine groups is 1. The summed E-state index contributed by atoms with van der Waals surface area (Å²) in [6, 6.07) is 8.49. The van der Waals surface area contributed by atoms with Gasteiger partial charge in [0.2, 0.25) is 5.91 Å². The molecule has 0 aliphatic rings. The first-order valence-electron chi connectivity index (χ1n) is 6.91. The summed E-state index contributed by atoms with van der Waals surface area (Å²) in [6.07, 6.45) is 1.62. The molecule has 0 spiro atoms. The van der Waals surface area contributed by atoms with Gasteiger partial charge in [-0.1, -0.05) is 31.5 Å². The van der Waals surface area contributed by atoms with Crippen LogP contribution >= 0.6 is 0 Å². The number of amides is 2. The molecule has 6 nitrogen and oxygen atoms in total. The summed E-state index contributed by atoms with van der Waals surface area (Å²) < 4.78 is 0. The summed E-state index contributed by atoms with van der Waals surface area (Å²) in [4.78, 5) is 34.2. The van der Waals surface area contributed by atoms with E-state index in [-0.39, 0.29) is 12.8 Å². The van der Waals surface area contributed by atoms with Crippen LogP contribution in [0.5, 0.6) is 0 Å². The number of benzene rings is 1. The molecule has 2 amide bonds. The topological polar surface area (TPSA) is 95.5 Å². The van der Waals surface area contributed by atoms with E-state index in [9.17, 15) is 14.4 Å². The van der Waals surface area contributed by atoms with E-state index in [1.165, 1.54) is 0 Å². The van der Waals surface area contributed by atoms with Gasteiger partial charge >= 0.3 is 5.97 Å². The number of carbonyl (C=O) groups is 3. The van der Waals surface area contributed by atoms with E-state index in [0.717, 1.165) is 6.42 Å². The number of hydrogen-bond acceptors (Lipinski definition) is 3. The van der Waals surface area contributed by atoms with Crippen LogP contribution in [-0.2, 0) is 9.59 Å². The molecule has 1 unspecified atom stereocenters. The summed E-state index contributed by atoms with van der Waals surface area (Å²) in [5, 5.41) is 8.98. The van der Waals surface area contributed by atoms with Crippen molar-refractivity contribution < 1.29 is 19.5 Å². The van der Waals surface area contributed by atoms with Gasteiger partial charge in [-0.2, -0.15) is 0 Å². The van der Waals surface area contributed by atoms with Crippen LogP contribution in [0.15, 0.2) is 30.3 Å². The maximum atomic E-state index is 11.7. The second-order valence-electron chi connectivity index (χ2n) is 4.73. The van der Waals surface area contributed by atoms with E-state index in [4.69, 9.17) is 5.11 Å². The number of nitrogens with one attached hydrogen (secondary N) is 2. The third-order valence-corrected chi connectivity index (χ3v) is 3.06. The minimum Gasteiger partial charge on any atom is -0.481 e. The minimum atomic E-state index is -0.891. The van der Waals surface area contributed by atoms with Crippen molar-refractivity contribution in [2.24, 2.45) is 5.92 Å². The van der Waals surface area contributed by atoms with E-state index in [0.29, 0.717) is 12.0 Å². The highest BCUT2D eigenvalue weighted by Gasteiger charge is 2.17. The molecule has 0 aromatic heterocycles. The molecule has 0 aliphatic heterocycles. The van der Waals surface area contributed by atoms with Gasteiger partial charge in [-0.3, -0.25) is 25.2 Å². The standard InChI is InChI=1S/C15H20N2O4/c1-2-6-12(15(20)21)9-10-13(18)16-17-14(19)11-7-4-3-5-8-11/h3-5,7-8,12H,2,6,9-10H2,1H3,(H,16,18)(H,17,19)(H,20,21). The monoisotopic (exact) mass is 292 g/mol. The van der Waals surface area contributed by atoms with Gasteiger partial charge in [-0.25, -0.2) is 0 Å². The van der Waals surface area contributed by atoms with Crippen LogP contribution in [0.4, 0.5) is 0 Å². The molecule has 0 saturated carbocycles. The predicted molar refractivity (Wildman–Crippen MR) is 77.3 cm³/mol. The Morgan fingerprint density at radius 1 is 1.10 bits per heavy atom. The lowest BCUT2D eigenvalue weighted by Crippen LogP contribution is -2.41. The normalized spacial score (nSPS) is 11.5. The van der Waals surface area contributed by atoms with Crippen molar-refractivity contribution >= 4 is 17.8 Å².